The Hall–Kier alpha value is -1.89. The fraction of sp³-hybridized carbons (Fsp3) is 0.722. The molecule has 0 unspecified atom stereocenters. The van der Waals surface area contributed by atoms with E-state index in [0.717, 1.165) is 38.9 Å². The zero-order valence-electron chi connectivity index (χ0n) is 14.6. The molecule has 1 aromatic heterocycles. The number of aliphatic carboxylic acids is 1. The summed E-state index contributed by atoms with van der Waals surface area (Å²) in [6.07, 6.45) is 9.72. The van der Waals surface area contributed by atoms with Crippen LogP contribution in [-0.2, 0) is 11.3 Å². The van der Waals surface area contributed by atoms with Crippen LogP contribution in [0.2, 0.25) is 0 Å². The summed E-state index contributed by atoms with van der Waals surface area (Å²) in [7, 11) is 0. The van der Waals surface area contributed by atoms with E-state index in [2.05, 4.69) is 15.6 Å². The Kier molecular flexibility index (Phi) is 6.07. The first kappa shape index (κ1) is 17.9. The molecule has 1 amide bonds. The molecular weight excluding hydrogens is 320 g/mol. The van der Waals surface area contributed by atoms with E-state index in [9.17, 15) is 9.59 Å². The van der Waals surface area contributed by atoms with Crippen LogP contribution in [0.15, 0.2) is 12.4 Å². The van der Waals surface area contributed by atoms with Crippen molar-refractivity contribution in [2.75, 3.05) is 13.1 Å². The molecule has 1 aromatic rings. The summed E-state index contributed by atoms with van der Waals surface area (Å²) in [5, 5.41) is 15.5. The number of nitrogens with one attached hydrogen (secondary N) is 2. The smallest absolute Gasteiger partial charge is 0.306 e. The molecule has 1 aliphatic carbocycles. The van der Waals surface area contributed by atoms with Crippen molar-refractivity contribution in [1.82, 2.24) is 20.2 Å². The average Bonchev–Trinajstić information content (AvgIpc) is 3.10. The molecule has 0 spiro atoms. The Balaban J connectivity index is 1.49. The number of carbonyl (C=O) groups is 2. The van der Waals surface area contributed by atoms with Crippen LogP contribution in [0.1, 0.15) is 55.6 Å². The van der Waals surface area contributed by atoms with Crippen LogP contribution in [0.4, 0.5) is 0 Å². The number of hydrogen-bond acceptors (Lipinski definition) is 4. The Bertz CT molecular complexity index is 587. The summed E-state index contributed by atoms with van der Waals surface area (Å²) in [6.45, 7) is 2.99. The van der Waals surface area contributed by atoms with Crippen LogP contribution in [-0.4, -0.2) is 45.7 Å². The molecule has 1 saturated heterocycles. The van der Waals surface area contributed by atoms with Gasteiger partial charge in [-0.15, -0.1) is 0 Å². The third-order valence-electron chi connectivity index (χ3n) is 5.57. The van der Waals surface area contributed by atoms with E-state index in [0.29, 0.717) is 24.6 Å². The van der Waals surface area contributed by atoms with E-state index >= 15 is 0 Å². The number of imidazole rings is 1. The van der Waals surface area contributed by atoms with Crippen LogP contribution < -0.4 is 10.6 Å². The lowest BCUT2D eigenvalue weighted by Gasteiger charge is -2.27. The van der Waals surface area contributed by atoms with Crippen LogP contribution in [0, 0.1) is 11.8 Å². The highest BCUT2D eigenvalue weighted by molar-refractivity contribution is 5.91. The number of rotatable bonds is 6. The highest BCUT2D eigenvalue weighted by Crippen LogP contribution is 2.24. The summed E-state index contributed by atoms with van der Waals surface area (Å²) in [4.78, 5) is 27.8. The third-order valence-corrected chi connectivity index (χ3v) is 5.57. The molecule has 0 bridgehead atoms. The number of nitrogens with zero attached hydrogens (tertiary/aromatic N) is 2. The molecule has 2 aliphatic rings. The molecule has 2 fully saturated rings. The van der Waals surface area contributed by atoms with Gasteiger partial charge in [-0.2, -0.15) is 0 Å². The number of piperidine rings is 1. The van der Waals surface area contributed by atoms with Gasteiger partial charge < -0.3 is 20.3 Å². The molecule has 0 aromatic carbocycles. The molecular formula is C18H28N4O3. The summed E-state index contributed by atoms with van der Waals surface area (Å²) >= 11 is 0. The predicted octanol–water partition coefficient (Wildman–Crippen LogP) is 1.65. The lowest BCUT2D eigenvalue weighted by Crippen LogP contribution is -2.39. The summed E-state index contributed by atoms with van der Waals surface area (Å²) in [5.41, 5.74) is 0. The molecule has 7 heteroatoms. The predicted molar refractivity (Wildman–Crippen MR) is 93.3 cm³/mol. The molecule has 0 radical (unpaired) electrons. The number of aromatic nitrogens is 2. The van der Waals surface area contributed by atoms with Crippen LogP contribution in [0.3, 0.4) is 0 Å². The number of aryl methyl sites for hydroxylation is 1. The van der Waals surface area contributed by atoms with Crippen molar-refractivity contribution in [1.29, 1.82) is 0 Å². The molecule has 138 valence electrons. The molecule has 1 saturated carbocycles. The normalized spacial score (nSPS) is 24.8. The Morgan fingerprint density at radius 3 is 2.60 bits per heavy atom. The second-order valence-corrected chi connectivity index (χ2v) is 7.29. The van der Waals surface area contributed by atoms with Crippen LogP contribution >= 0.6 is 0 Å². The van der Waals surface area contributed by atoms with Gasteiger partial charge in [0.1, 0.15) is 0 Å². The largest absolute Gasteiger partial charge is 0.481 e. The average molecular weight is 348 g/mol. The minimum atomic E-state index is -0.724. The first-order chi connectivity index (χ1) is 12.1. The maximum absolute atomic E-state index is 12.5. The second-order valence-electron chi connectivity index (χ2n) is 7.29. The Morgan fingerprint density at radius 2 is 1.92 bits per heavy atom. The molecule has 2 heterocycles. The monoisotopic (exact) mass is 348 g/mol. The van der Waals surface area contributed by atoms with Gasteiger partial charge in [0.15, 0.2) is 5.82 Å². The quantitative estimate of drug-likeness (QED) is 0.726. The van der Waals surface area contributed by atoms with Crippen molar-refractivity contribution in [3.63, 3.8) is 0 Å². The number of carboxylic acid groups (broad SMARTS) is 1. The van der Waals surface area contributed by atoms with Crippen LogP contribution in [0.5, 0.6) is 0 Å². The van der Waals surface area contributed by atoms with Crippen molar-refractivity contribution < 1.29 is 14.7 Å². The molecule has 3 rings (SSSR count). The van der Waals surface area contributed by atoms with Gasteiger partial charge in [0.25, 0.3) is 5.91 Å². The number of carboxylic acids is 1. The van der Waals surface area contributed by atoms with Crippen molar-refractivity contribution in [2.45, 2.75) is 57.5 Å². The topological polar surface area (TPSA) is 96.2 Å². The summed E-state index contributed by atoms with van der Waals surface area (Å²) in [5.74, 6) is 0.0487. The van der Waals surface area contributed by atoms with E-state index in [-0.39, 0.29) is 17.9 Å². The van der Waals surface area contributed by atoms with E-state index in [4.69, 9.17) is 5.11 Å². The Morgan fingerprint density at radius 1 is 1.20 bits per heavy atom. The molecule has 25 heavy (non-hydrogen) atoms. The summed E-state index contributed by atoms with van der Waals surface area (Å²) < 4.78 is 1.94. The minimum absolute atomic E-state index is 0.0534. The fourth-order valence-corrected chi connectivity index (χ4v) is 3.93. The summed E-state index contributed by atoms with van der Waals surface area (Å²) in [6, 6.07) is 0.0534. The van der Waals surface area contributed by atoms with E-state index in [1.807, 2.05) is 10.8 Å². The van der Waals surface area contributed by atoms with Crippen molar-refractivity contribution >= 4 is 11.9 Å². The van der Waals surface area contributed by atoms with E-state index in [1.165, 1.54) is 12.8 Å². The SMILES string of the molecule is O=C(NC1CCC(C(=O)O)CC1)c1nccn1CCC1CCNCC1. The van der Waals surface area contributed by atoms with Crippen molar-refractivity contribution in [3.8, 4) is 0 Å². The van der Waals surface area contributed by atoms with Gasteiger partial charge in [0.2, 0.25) is 0 Å². The second kappa shape index (κ2) is 8.47. The van der Waals surface area contributed by atoms with Crippen molar-refractivity contribution in [2.24, 2.45) is 11.8 Å². The highest BCUT2D eigenvalue weighted by atomic mass is 16.4. The molecule has 0 atom stereocenters. The lowest BCUT2D eigenvalue weighted by atomic mass is 9.86. The first-order valence-electron chi connectivity index (χ1n) is 9.39. The van der Waals surface area contributed by atoms with Crippen molar-refractivity contribution in [3.05, 3.63) is 18.2 Å². The third kappa shape index (κ3) is 4.81. The van der Waals surface area contributed by atoms with Gasteiger partial charge in [-0.25, -0.2) is 4.98 Å². The zero-order valence-corrected chi connectivity index (χ0v) is 14.6. The van der Waals surface area contributed by atoms with Gasteiger partial charge in [0, 0.05) is 25.0 Å². The van der Waals surface area contributed by atoms with Gasteiger partial charge in [-0.3, -0.25) is 9.59 Å². The molecule has 1 aliphatic heterocycles. The van der Waals surface area contributed by atoms with Gasteiger partial charge >= 0.3 is 5.97 Å². The standard InChI is InChI=1S/C18H28N4O3/c23-17(21-15-3-1-14(2-4-15)18(24)25)16-20-10-12-22(16)11-7-13-5-8-19-9-6-13/h10,12-15,19H,1-9,11H2,(H,21,23)(H,24,25). The van der Waals surface area contributed by atoms with E-state index < -0.39 is 5.97 Å². The maximum Gasteiger partial charge on any atom is 0.306 e. The van der Waals surface area contributed by atoms with Gasteiger partial charge in [0.05, 0.1) is 5.92 Å². The number of carbonyl (C=O) groups excluding carboxylic acids is 1. The van der Waals surface area contributed by atoms with Gasteiger partial charge in [-0.05, 0) is 64.0 Å². The Labute approximate surface area is 148 Å². The first-order valence-corrected chi connectivity index (χ1v) is 9.39. The van der Waals surface area contributed by atoms with E-state index in [1.54, 1.807) is 6.20 Å². The zero-order chi connectivity index (χ0) is 17.6. The van der Waals surface area contributed by atoms with Gasteiger partial charge in [-0.1, -0.05) is 0 Å². The number of amides is 1. The fourth-order valence-electron chi connectivity index (χ4n) is 3.93. The minimum Gasteiger partial charge on any atom is -0.481 e. The molecule has 3 N–H and O–H groups in total. The lowest BCUT2D eigenvalue weighted by molar-refractivity contribution is -0.142. The maximum atomic E-state index is 12.5. The highest BCUT2D eigenvalue weighted by Gasteiger charge is 2.27. The molecule has 7 nitrogen and oxygen atoms in total. The number of hydrogen-bond donors (Lipinski definition) is 3. The van der Waals surface area contributed by atoms with Crippen LogP contribution in [0.25, 0.3) is 0 Å².